The molecule has 182 valence electrons. The monoisotopic (exact) mass is 461 g/mol. The van der Waals surface area contributed by atoms with E-state index < -0.39 is 0 Å². The van der Waals surface area contributed by atoms with Crippen LogP contribution in [0.4, 0.5) is 0 Å². The number of nitrogens with zero attached hydrogens (tertiary/aromatic N) is 2. The number of benzene rings is 1. The van der Waals surface area contributed by atoms with Crippen LogP contribution in [0.1, 0.15) is 68.7 Å². The fourth-order valence-corrected chi connectivity index (χ4v) is 4.45. The molecule has 3 rings (SSSR count). The molecule has 0 unspecified atom stereocenters. The molecule has 5 nitrogen and oxygen atoms in total. The molecule has 2 heterocycles. The maximum absolute atomic E-state index is 12.5. The van der Waals surface area contributed by atoms with Crippen LogP contribution >= 0.6 is 0 Å². The van der Waals surface area contributed by atoms with Crippen molar-refractivity contribution >= 4 is 22.9 Å². The number of hydrogen-bond acceptors (Lipinski definition) is 3. The number of hydrogen-bond donors (Lipinski definition) is 1. The van der Waals surface area contributed by atoms with Crippen molar-refractivity contribution in [2.24, 2.45) is 7.05 Å². The molecule has 1 aromatic carbocycles. The van der Waals surface area contributed by atoms with Crippen molar-refractivity contribution in [1.82, 2.24) is 14.9 Å². The number of ether oxygens (including phenoxy) is 1. The van der Waals surface area contributed by atoms with Crippen LogP contribution < -0.4 is 10.1 Å². The summed E-state index contributed by atoms with van der Waals surface area (Å²) >= 11 is 0. The minimum absolute atomic E-state index is 0.0299. The fourth-order valence-electron chi connectivity index (χ4n) is 4.45. The SMILES string of the molecule is CCCCCc1c(C=CC(=O)NCCCCCCc2cccnc2)n(C)c2cc(OC)ccc12. The van der Waals surface area contributed by atoms with Crippen molar-refractivity contribution in [2.45, 2.75) is 64.7 Å². The van der Waals surface area contributed by atoms with Gasteiger partial charge in [0.1, 0.15) is 5.75 Å². The molecule has 2 aromatic heterocycles. The van der Waals surface area contributed by atoms with Gasteiger partial charge < -0.3 is 14.6 Å². The van der Waals surface area contributed by atoms with E-state index in [1.165, 1.54) is 35.8 Å². The summed E-state index contributed by atoms with van der Waals surface area (Å²) in [5.41, 5.74) is 4.84. The number of aromatic nitrogens is 2. The molecule has 0 spiro atoms. The quantitative estimate of drug-likeness (QED) is 0.228. The van der Waals surface area contributed by atoms with Gasteiger partial charge in [-0.3, -0.25) is 9.78 Å². The number of amides is 1. The first-order valence-corrected chi connectivity index (χ1v) is 12.6. The highest BCUT2D eigenvalue weighted by Crippen LogP contribution is 2.31. The average Bonchev–Trinajstić information content (AvgIpc) is 3.13. The van der Waals surface area contributed by atoms with Gasteiger partial charge >= 0.3 is 0 Å². The highest BCUT2D eigenvalue weighted by molar-refractivity contribution is 5.94. The van der Waals surface area contributed by atoms with E-state index in [0.717, 1.165) is 55.5 Å². The zero-order valence-electron chi connectivity index (χ0n) is 21.0. The van der Waals surface area contributed by atoms with Gasteiger partial charge in [-0.05, 0) is 67.5 Å². The zero-order valence-corrected chi connectivity index (χ0v) is 21.0. The standard InChI is InChI=1S/C29H39N3O2/c1-4-5-8-14-25-26-16-15-24(34-3)21-28(26)32(2)27(25)17-18-29(33)31-20-10-7-6-9-12-23-13-11-19-30-22-23/h11,13,15-19,21-22H,4-10,12,14,20H2,1-3H3,(H,31,33). The van der Waals surface area contributed by atoms with Gasteiger partial charge in [0.2, 0.25) is 5.91 Å². The van der Waals surface area contributed by atoms with Crippen molar-refractivity contribution < 1.29 is 9.53 Å². The fraction of sp³-hybridized carbons (Fsp3) is 0.448. The van der Waals surface area contributed by atoms with Gasteiger partial charge in [0.25, 0.3) is 0 Å². The maximum atomic E-state index is 12.5. The molecule has 3 aromatic rings. The highest BCUT2D eigenvalue weighted by atomic mass is 16.5. The molecule has 0 aliphatic rings. The summed E-state index contributed by atoms with van der Waals surface area (Å²) in [5, 5.41) is 4.28. The number of aryl methyl sites for hydroxylation is 3. The Labute approximate surface area is 204 Å². The molecule has 0 fully saturated rings. The lowest BCUT2D eigenvalue weighted by atomic mass is 10.0. The van der Waals surface area contributed by atoms with Crippen molar-refractivity contribution in [2.75, 3.05) is 13.7 Å². The molecular formula is C29H39N3O2. The van der Waals surface area contributed by atoms with E-state index in [1.807, 2.05) is 30.6 Å². The van der Waals surface area contributed by atoms with Crippen molar-refractivity contribution in [3.05, 3.63) is 65.6 Å². The van der Waals surface area contributed by atoms with E-state index in [2.05, 4.69) is 47.0 Å². The van der Waals surface area contributed by atoms with E-state index in [1.54, 1.807) is 13.2 Å². The van der Waals surface area contributed by atoms with Crippen LogP contribution in [0.25, 0.3) is 17.0 Å². The zero-order chi connectivity index (χ0) is 24.2. The number of carbonyl (C=O) groups is 1. The number of methoxy groups -OCH3 is 1. The van der Waals surface area contributed by atoms with E-state index in [9.17, 15) is 4.79 Å². The van der Waals surface area contributed by atoms with Crippen LogP contribution in [0, 0.1) is 0 Å². The van der Waals surface area contributed by atoms with Crippen LogP contribution in [-0.2, 0) is 24.7 Å². The Morgan fingerprint density at radius 3 is 2.68 bits per heavy atom. The summed E-state index contributed by atoms with van der Waals surface area (Å²) in [6.45, 7) is 2.94. The normalized spacial score (nSPS) is 11.4. The Hall–Kier alpha value is -3.08. The predicted octanol–water partition coefficient (Wildman–Crippen LogP) is 6.25. The molecule has 0 saturated carbocycles. The molecule has 0 atom stereocenters. The molecule has 0 aliphatic carbocycles. The first kappa shape index (κ1) is 25.5. The minimum Gasteiger partial charge on any atom is -0.497 e. The maximum Gasteiger partial charge on any atom is 0.244 e. The van der Waals surface area contributed by atoms with Crippen LogP contribution in [0.5, 0.6) is 5.75 Å². The van der Waals surface area contributed by atoms with Crippen molar-refractivity contribution in [3.63, 3.8) is 0 Å². The van der Waals surface area contributed by atoms with Crippen LogP contribution in [-0.4, -0.2) is 29.1 Å². The summed E-state index contributed by atoms with van der Waals surface area (Å²) in [6.07, 6.45) is 17.5. The molecule has 1 amide bonds. The van der Waals surface area contributed by atoms with E-state index in [4.69, 9.17) is 4.74 Å². The number of nitrogens with one attached hydrogen (secondary N) is 1. The van der Waals surface area contributed by atoms with E-state index in [0.29, 0.717) is 6.54 Å². The van der Waals surface area contributed by atoms with Crippen LogP contribution in [0.15, 0.2) is 48.8 Å². The summed E-state index contributed by atoms with van der Waals surface area (Å²) in [6, 6.07) is 10.3. The number of carbonyl (C=O) groups excluding carboxylic acids is 1. The van der Waals surface area contributed by atoms with Crippen LogP contribution in [0.2, 0.25) is 0 Å². The molecule has 0 radical (unpaired) electrons. The Morgan fingerprint density at radius 2 is 1.91 bits per heavy atom. The third-order valence-corrected chi connectivity index (χ3v) is 6.40. The highest BCUT2D eigenvalue weighted by Gasteiger charge is 2.14. The van der Waals surface area contributed by atoms with Gasteiger partial charge in [0, 0.05) is 49.2 Å². The summed E-state index contributed by atoms with van der Waals surface area (Å²) in [4.78, 5) is 16.6. The van der Waals surface area contributed by atoms with Crippen molar-refractivity contribution in [1.29, 1.82) is 0 Å². The molecule has 0 bridgehead atoms. The Bertz CT molecular complexity index is 1070. The second-order valence-corrected chi connectivity index (χ2v) is 8.91. The molecule has 1 N–H and O–H groups in total. The second kappa shape index (κ2) is 13.6. The number of fused-ring (bicyclic) bond motifs is 1. The number of rotatable bonds is 14. The average molecular weight is 462 g/mol. The lowest BCUT2D eigenvalue weighted by molar-refractivity contribution is -0.116. The molecule has 34 heavy (non-hydrogen) atoms. The third-order valence-electron chi connectivity index (χ3n) is 6.40. The minimum atomic E-state index is -0.0299. The number of pyridine rings is 1. The van der Waals surface area contributed by atoms with Gasteiger partial charge in [0.15, 0.2) is 0 Å². The topological polar surface area (TPSA) is 56.2 Å². The molecule has 5 heteroatoms. The molecule has 0 aliphatic heterocycles. The Balaban J connectivity index is 1.52. The third kappa shape index (κ3) is 7.21. The largest absolute Gasteiger partial charge is 0.497 e. The predicted molar refractivity (Wildman–Crippen MR) is 141 cm³/mol. The van der Waals surface area contributed by atoms with Gasteiger partial charge in [-0.15, -0.1) is 0 Å². The Morgan fingerprint density at radius 1 is 1.09 bits per heavy atom. The summed E-state index contributed by atoms with van der Waals surface area (Å²) in [7, 11) is 3.76. The molecule has 0 saturated heterocycles. The van der Waals surface area contributed by atoms with Gasteiger partial charge in [-0.25, -0.2) is 0 Å². The Kier molecular flexibility index (Phi) is 10.2. The first-order chi connectivity index (χ1) is 16.6. The van der Waals surface area contributed by atoms with Gasteiger partial charge in [-0.1, -0.05) is 38.7 Å². The van der Waals surface area contributed by atoms with Crippen LogP contribution in [0.3, 0.4) is 0 Å². The molecular weight excluding hydrogens is 422 g/mol. The van der Waals surface area contributed by atoms with Crippen molar-refractivity contribution in [3.8, 4) is 5.75 Å². The smallest absolute Gasteiger partial charge is 0.244 e. The van der Waals surface area contributed by atoms with E-state index >= 15 is 0 Å². The van der Waals surface area contributed by atoms with Gasteiger partial charge in [-0.2, -0.15) is 0 Å². The van der Waals surface area contributed by atoms with Gasteiger partial charge in [0.05, 0.1) is 12.6 Å². The second-order valence-electron chi connectivity index (χ2n) is 8.91. The number of unbranched alkanes of at least 4 members (excludes halogenated alkanes) is 5. The first-order valence-electron chi connectivity index (χ1n) is 12.6. The lowest BCUT2D eigenvalue weighted by Crippen LogP contribution is -2.22. The van der Waals surface area contributed by atoms with E-state index in [-0.39, 0.29) is 5.91 Å². The summed E-state index contributed by atoms with van der Waals surface area (Å²) < 4.78 is 7.60. The lowest BCUT2D eigenvalue weighted by Gasteiger charge is -2.05. The summed E-state index contributed by atoms with van der Waals surface area (Å²) in [5.74, 6) is 0.819.